The fourth-order valence-corrected chi connectivity index (χ4v) is 3.27. The molecule has 1 heterocycles. The van der Waals surface area contributed by atoms with Crippen molar-refractivity contribution in [2.45, 2.75) is 45.1 Å². The summed E-state index contributed by atoms with van der Waals surface area (Å²) >= 11 is 0. The van der Waals surface area contributed by atoms with E-state index < -0.39 is 5.54 Å². The number of rotatable bonds is 7. The summed E-state index contributed by atoms with van der Waals surface area (Å²) in [7, 11) is 0. The van der Waals surface area contributed by atoms with Crippen molar-refractivity contribution in [2.24, 2.45) is 5.92 Å². The van der Waals surface area contributed by atoms with Crippen molar-refractivity contribution in [1.82, 2.24) is 10.2 Å². The van der Waals surface area contributed by atoms with E-state index in [-0.39, 0.29) is 19.1 Å². The zero-order valence-corrected chi connectivity index (χ0v) is 15.7. The zero-order valence-electron chi connectivity index (χ0n) is 15.7. The average Bonchev–Trinajstić information content (AvgIpc) is 2.62. The van der Waals surface area contributed by atoms with Gasteiger partial charge in [0.25, 0.3) is 5.91 Å². The van der Waals surface area contributed by atoms with E-state index in [4.69, 9.17) is 0 Å². The van der Waals surface area contributed by atoms with Crippen molar-refractivity contribution in [2.75, 3.05) is 32.8 Å². The van der Waals surface area contributed by atoms with Crippen LogP contribution in [0, 0.1) is 5.92 Å². The maximum atomic E-state index is 12.2. The lowest BCUT2D eigenvalue weighted by atomic mass is 9.88. The Morgan fingerprint density at radius 1 is 1.24 bits per heavy atom. The predicted octanol–water partition coefficient (Wildman–Crippen LogP) is 2.00. The third-order valence-electron chi connectivity index (χ3n) is 4.96. The maximum absolute atomic E-state index is 12.2. The molecule has 5 heteroatoms. The fraction of sp³-hybridized carbons (Fsp3) is 0.650. The summed E-state index contributed by atoms with van der Waals surface area (Å²) in [5.74, 6) is 0.711. The van der Waals surface area contributed by atoms with E-state index in [0.29, 0.717) is 17.4 Å². The smallest absolute Gasteiger partial charge is 0.251 e. The zero-order chi connectivity index (χ0) is 18.4. The lowest BCUT2D eigenvalue weighted by molar-refractivity contribution is 0.0869. The number of hydrogen-bond donors (Lipinski definition) is 3. The Labute approximate surface area is 151 Å². The van der Waals surface area contributed by atoms with E-state index in [1.807, 2.05) is 12.1 Å². The minimum atomic E-state index is -0.617. The Hall–Kier alpha value is -1.43. The second-order valence-corrected chi connectivity index (χ2v) is 7.98. The number of likely N-dealkylation sites (tertiary alicyclic amines) is 1. The van der Waals surface area contributed by atoms with Crippen LogP contribution in [-0.4, -0.2) is 59.4 Å². The Bertz CT molecular complexity index is 549. The molecule has 140 valence electrons. The summed E-state index contributed by atoms with van der Waals surface area (Å²) in [4.78, 5) is 14.7. The molecular formula is C20H32N2O3. The first-order chi connectivity index (χ1) is 11.8. The van der Waals surface area contributed by atoms with Crippen LogP contribution in [0.5, 0.6) is 0 Å². The summed E-state index contributed by atoms with van der Waals surface area (Å²) in [5.41, 5.74) is 1.29. The van der Waals surface area contributed by atoms with Gasteiger partial charge in [0.2, 0.25) is 0 Å². The molecule has 0 spiro atoms. The topological polar surface area (TPSA) is 72.8 Å². The van der Waals surface area contributed by atoms with Crippen LogP contribution in [0.4, 0.5) is 0 Å². The van der Waals surface area contributed by atoms with Crippen LogP contribution in [-0.2, 0) is 0 Å². The van der Waals surface area contributed by atoms with E-state index in [0.717, 1.165) is 32.5 Å². The molecule has 0 aromatic heterocycles. The number of aliphatic hydroxyl groups excluding tert-OH is 2. The van der Waals surface area contributed by atoms with Gasteiger partial charge in [-0.1, -0.05) is 19.1 Å². The molecule has 25 heavy (non-hydrogen) atoms. The van der Waals surface area contributed by atoms with Gasteiger partial charge >= 0.3 is 0 Å². The minimum Gasteiger partial charge on any atom is -0.396 e. The Morgan fingerprint density at radius 3 is 2.36 bits per heavy atom. The fourth-order valence-electron chi connectivity index (χ4n) is 3.27. The summed E-state index contributed by atoms with van der Waals surface area (Å²) in [5, 5.41) is 21.3. The molecule has 1 aromatic carbocycles. The molecule has 3 N–H and O–H groups in total. The lowest BCUT2D eigenvalue weighted by Gasteiger charge is -2.33. The van der Waals surface area contributed by atoms with Crippen LogP contribution in [0.3, 0.4) is 0 Å². The highest BCUT2D eigenvalue weighted by Gasteiger charge is 2.23. The van der Waals surface area contributed by atoms with E-state index >= 15 is 0 Å². The number of carbonyl (C=O) groups excluding carboxylic acids is 1. The first-order valence-corrected chi connectivity index (χ1v) is 9.21. The number of carbonyl (C=O) groups is 1. The molecule has 0 saturated carbocycles. The maximum Gasteiger partial charge on any atom is 0.251 e. The quantitative estimate of drug-likeness (QED) is 0.705. The number of amides is 1. The first kappa shape index (κ1) is 19.9. The highest BCUT2D eigenvalue weighted by molar-refractivity contribution is 5.94. The van der Waals surface area contributed by atoms with E-state index in [9.17, 15) is 15.0 Å². The van der Waals surface area contributed by atoms with Crippen LogP contribution < -0.4 is 5.32 Å². The van der Waals surface area contributed by atoms with Crippen LogP contribution in [0.15, 0.2) is 24.3 Å². The molecule has 1 aromatic rings. The summed E-state index contributed by atoms with van der Waals surface area (Å²) in [6.07, 6.45) is 2.22. The number of nitrogens with zero attached hydrogens (tertiary/aromatic N) is 1. The van der Waals surface area contributed by atoms with Gasteiger partial charge in [-0.05, 0) is 69.3 Å². The van der Waals surface area contributed by atoms with Gasteiger partial charge in [-0.3, -0.25) is 4.79 Å². The first-order valence-electron chi connectivity index (χ1n) is 9.21. The van der Waals surface area contributed by atoms with Crippen molar-refractivity contribution in [3.05, 3.63) is 35.4 Å². The number of hydrogen-bond acceptors (Lipinski definition) is 4. The number of piperidine rings is 1. The molecule has 1 atom stereocenters. The minimum absolute atomic E-state index is 0.0930. The molecule has 0 bridgehead atoms. The Balaban J connectivity index is 1.89. The molecule has 1 aliphatic heterocycles. The summed E-state index contributed by atoms with van der Waals surface area (Å²) in [6, 6.07) is 7.85. The van der Waals surface area contributed by atoms with Gasteiger partial charge in [0.15, 0.2) is 0 Å². The predicted molar refractivity (Wildman–Crippen MR) is 99.7 cm³/mol. The molecule has 1 unspecified atom stereocenters. The van der Waals surface area contributed by atoms with Crippen molar-refractivity contribution < 1.29 is 15.0 Å². The molecule has 1 fully saturated rings. The normalized spacial score (nSPS) is 18.1. The van der Waals surface area contributed by atoms with Gasteiger partial charge in [0.05, 0.1) is 12.1 Å². The molecule has 1 amide bonds. The van der Waals surface area contributed by atoms with Gasteiger partial charge in [-0.25, -0.2) is 0 Å². The third-order valence-corrected chi connectivity index (χ3v) is 4.96. The van der Waals surface area contributed by atoms with E-state index in [2.05, 4.69) is 29.3 Å². The molecule has 1 saturated heterocycles. The molecule has 2 rings (SSSR count). The Morgan fingerprint density at radius 2 is 1.84 bits per heavy atom. The number of benzene rings is 1. The highest BCUT2D eigenvalue weighted by atomic mass is 16.3. The van der Waals surface area contributed by atoms with Gasteiger partial charge in [0.1, 0.15) is 0 Å². The van der Waals surface area contributed by atoms with Crippen LogP contribution >= 0.6 is 0 Å². The molecule has 0 aliphatic carbocycles. The van der Waals surface area contributed by atoms with E-state index in [1.54, 1.807) is 13.8 Å². The highest BCUT2D eigenvalue weighted by Crippen LogP contribution is 2.28. The van der Waals surface area contributed by atoms with Crippen LogP contribution in [0.25, 0.3) is 0 Å². The standard InChI is InChI=1S/C20H32N2O3/c1-15(13-23)12-22-10-8-17(9-11-22)16-4-6-18(7-5-16)19(25)21-20(2,3)14-24/h4-7,15,17,23-24H,8-14H2,1-3H3,(H,21,25). The summed E-state index contributed by atoms with van der Waals surface area (Å²) in [6.45, 7) is 8.90. The van der Waals surface area contributed by atoms with Crippen LogP contribution in [0.2, 0.25) is 0 Å². The van der Waals surface area contributed by atoms with Crippen molar-refractivity contribution in [3.63, 3.8) is 0 Å². The van der Waals surface area contributed by atoms with Crippen molar-refractivity contribution >= 4 is 5.91 Å². The van der Waals surface area contributed by atoms with Gasteiger partial charge < -0.3 is 20.4 Å². The number of nitrogens with one attached hydrogen (secondary N) is 1. The Kier molecular flexibility index (Phi) is 6.99. The molecule has 0 radical (unpaired) electrons. The monoisotopic (exact) mass is 348 g/mol. The molecular weight excluding hydrogens is 316 g/mol. The van der Waals surface area contributed by atoms with Gasteiger partial charge in [-0.2, -0.15) is 0 Å². The van der Waals surface area contributed by atoms with Gasteiger partial charge in [0, 0.05) is 18.7 Å². The SMILES string of the molecule is CC(CO)CN1CCC(c2ccc(C(=O)NC(C)(C)CO)cc2)CC1. The van der Waals surface area contributed by atoms with Gasteiger partial charge in [-0.15, -0.1) is 0 Å². The summed E-state index contributed by atoms with van der Waals surface area (Å²) < 4.78 is 0. The van der Waals surface area contributed by atoms with Crippen LogP contribution in [0.1, 0.15) is 55.5 Å². The average molecular weight is 348 g/mol. The largest absolute Gasteiger partial charge is 0.396 e. The third kappa shape index (κ3) is 5.80. The second kappa shape index (κ2) is 8.79. The lowest BCUT2D eigenvalue weighted by Crippen LogP contribution is -2.46. The second-order valence-electron chi connectivity index (χ2n) is 7.98. The van der Waals surface area contributed by atoms with Crippen molar-refractivity contribution in [3.8, 4) is 0 Å². The molecule has 1 aliphatic rings. The number of aliphatic hydroxyl groups is 2. The van der Waals surface area contributed by atoms with Crippen molar-refractivity contribution in [1.29, 1.82) is 0 Å². The van der Waals surface area contributed by atoms with E-state index in [1.165, 1.54) is 5.56 Å². The molecule has 5 nitrogen and oxygen atoms in total.